The summed E-state index contributed by atoms with van der Waals surface area (Å²) in [4.78, 5) is 28.5. The quantitative estimate of drug-likeness (QED) is 0.226. The predicted octanol–water partition coefficient (Wildman–Crippen LogP) is 6.09. The molecule has 1 saturated heterocycles. The van der Waals surface area contributed by atoms with E-state index in [0.717, 1.165) is 27.5 Å². The second-order valence-electron chi connectivity index (χ2n) is 8.75. The Bertz CT molecular complexity index is 1500. The largest absolute Gasteiger partial charge is 0.507 e. The molecule has 1 atom stereocenters. The van der Waals surface area contributed by atoms with Crippen molar-refractivity contribution in [3.8, 4) is 5.75 Å². The number of hydrogen-bond acceptors (Lipinski definition) is 4. The molecule has 0 saturated carbocycles. The molecule has 174 valence electrons. The second kappa shape index (κ2) is 8.76. The number of carbonyl (C=O) groups excluding carboxylic acids is 2. The van der Waals surface area contributed by atoms with E-state index in [1.807, 2.05) is 74.5 Å². The van der Waals surface area contributed by atoms with Gasteiger partial charge in [0.2, 0.25) is 0 Å². The van der Waals surface area contributed by atoms with E-state index in [0.29, 0.717) is 17.0 Å². The summed E-state index contributed by atoms with van der Waals surface area (Å²) in [6, 6.07) is 25.5. The van der Waals surface area contributed by atoms with Crippen molar-refractivity contribution in [3.05, 3.63) is 113 Å². The molecular weight excluding hydrogens is 438 g/mol. The Balaban J connectivity index is 1.81. The van der Waals surface area contributed by atoms with Crippen LogP contribution in [0, 0.1) is 13.8 Å². The highest BCUT2D eigenvalue weighted by molar-refractivity contribution is 6.52. The number of hydrogen-bond donors (Lipinski definition) is 1. The van der Waals surface area contributed by atoms with Crippen molar-refractivity contribution in [3.63, 3.8) is 0 Å². The molecule has 0 spiro atoms. The van der Waals surface area contributed by atoms with Crippen molar-refractivity contribution in [1.29, 1.82) is 0 Å². The van der Waals surface area contributed by atoms with Crippen molar-refractivity contribution in [2.45, 2.75) is 19.9 Å². The van der Waals surface area contributed by atoms with Crippen LogP contribution in [0.15, 0.2) is 90.5 Å². The van der Waals surface area contributed by atoms with Gasteiger partial charge in [-0.05, 0) is 66.1 Å². The standard InChI is InChI=1S/C30H25NO4/c1-18-11-12-19(2)25(17-18)28(32)26-27(24-10-6-8-20-7-4-5-9-23(20)24)31(30(34)29(26)33)21-13-15-22(35-3)16-14-21/h4-17,27,32H,1-3H3/b28-26+. The minimum Gasteiger partial charge on any atom is -0.507 e. The van der Waals surface area contributed by atoms with Crippen molar-refractivity contribution in [1.82, 2.24) is 0 Å². The van der Waals surface area contributed by atoms with Gasteiger partial charge in [-0.25, -0.2) is 0 Å². The van der Waals surface area contributed by atoms with Crippen molar-refractivity contribution >= 4 is 33.9 Å². The predicted molar refractivity (Wildman–Crippen MR) is 138 cm³/mol. The van der Waals surface area contributed by atoms with Gasteiger partial charge in [-0.1, -0.05) is 60.2 Å². The van der Waals surface area contributed by atoms with E-state index >= 15 is 0 Å². The molecule has 1 aliphatic rings. The fourth-order valence-electron chi connectivity index (χ4n) is 4.76. The van der Waals surface area contributed by atoms with Gasteiger partial charge in [0.05, 0.1) is 18.7 Å². The van der Waals surface area contributed by atoms with Crippen LogP contribution in [0.5, 0.6) is 5.75 Å². The molecule has 5 heteroatoms. The molecule has 0 aromatic heterocycles. The lowest BCUT2D eigenvalue weighted by molar-refractivity contribution is -0.132. The van der Waals surface area contributed by atoms with Gasteiger partial charge >= 0.3 is 0 Å². The molecule has 0 bridgehead atoms. The summed E-state index contributed by atoms with van der Waals surface area (Å²) in [5, 5.41) is 13.4. The lowest BCUT2D eigenvalue weighted by Gasteiger charge is -2.26. The van der Waals surface area contributed by atoms with Crippen LogP contribution in [0.3, 0.4) is 0 Å². The zero-order valence-electron chi connectivity index (χ0n) is 19.8. The van der Waals surface area contributed by atoms with Crippen molar-refractivity contribution in [2.24, 2.45) is 0 Å². The zero-order chi connectivity index (χ0) is 24.7. The molecular formula is C30H25NO4. The Morgan fingerprint density at radius 3 is 2.34 bits per heavy atom. The van der Waals surface area contributed by atoms with Gasteiger partial charge in [0, 0.05) is 11.3 Å². The van der Waals surface area contributed by atoms with Gasteiger partial charge < -0.3 is 9.84 Å². The average molecular weight is 464 g/mol. The molecule has 1 unspecified atom stereocenters. The van der Waals surface area contributed by atoms with E-state index in [-0.39, 0.29) is 11.3 Å². The number of nitrogens with zero attached hydrogens (tertiary/aromatic N) is 1. The van der Waals surface area contributed by atoms with Crippen LogP contribution in [-0.4, -0.2) is 23.9 Å². The van der Waals surface area contributed by atoms with Gasteiger partial charge in [0.25, 0.3) is 11.7 Å². The van der Waals surface area contributed by atoms with Crippen LogP contribution in [0.1, 0.15) is 28.3 Å². The molecule has 0 radical (unpaired) electrons. The molecule has 1 amide bonds. The minimum atomic E-state index is -0.797. The fourth-order valence-corrected chi connectivity index (χ4v) is 4.76. The van der Waals surface area contributed by atoms with Gasteiger partial charge in [-0.15, -0.1) is 0 Å². The molecule has 1 heterocycles. The van der Waals surface area contributed by atoms with E-state index in [1.54, 1.807) is 31.4 Å². The first-order chi connectivity index (χ1) is 16.9. The lowest BCUT2D eigenvalue weighted by Crippen LogP contribution is -2.29. The number of anilines is 1. The monoisotopic (exact) mass is 463 g/mol. The molecule has 1 fully saturated rings. The van der Waals surface area contributed by atoms with Crippen molar-refractivity contribution in [2.75, 3.05) is 12.0 Å². The number of carbonyl (C=O) groups is 2. The van der Waals surface area contributed by atoms with E-state index in [9.17, 15) is 14.7 Å². The average Bonchev–Trinajstić information content (AvgIpc) is 3.14. The number of ketones is 1. The molecule has 1 N–H and O–H groups in total. The van der Waals surface area contributed by atoms with Crippen LogP contribution in [0.4, 0.5) is 5.69 Å². The highest BCUT2D eigenvalue weighted by atomic mass is 16.5. The number of benzene rings is 4. The Morgan fingerprint density at radius 2 is 1.60 bits per heavy atom. The van der Waals surface area contributed by atoms with Gasteiger partial charge in [0.1, 0.15) is 11.5 Å². The summed E-state index contributed by atoms with van der Waals surface area (Å²) in [5.41, 5.74) is 3.71. The number of fused-ring (bicyclic) bond motifs is 1. The number of rotatable bonds is 4. The molecule has 0 aliphatic carbocycles. The maximum atomic E-state index is 13.5. The van der Waals surface area contributed by atoms with Crippen LogP contribution in [-0.2, 0) is 9.59 Å². The van der Waals surface area contributed by atoms with E-state index in [1.165, 1.54) is 4.90 Å². The summed E-state index contributed by atoms with van der Waals surface area (Å²) in [6.07, 6.45) is 0. The highest BCUT2D eigenvalue weighted by Crippen LogP contribution is 2.44. The molecule has 35 heavy (non-hydrogen) atoms. The summed E-state index contributed by atoms with van der Waals surface area (Å²) < 4.78 is 5.27. The molecule has 5 nitrogen and oxygen atoms in total. The third-order valence-corrected chi connectivity index (χ3v) is 6.56. The number of aryl methyl sites for hydroxylation is 2. The minimum absolute atomic E-state index is 0.0795. The highest BCUT2D eigenvalue weighted by Gasteiger charge is 2.47. The first kappa shape index (κ1) is 22.4. The SMILES string of the molecule is COc1ccc(N2C(=O)C(=O)/C(=C(/O)c3cc(C)ccc3C)C2c2cccc3ccccc23)cc1. The number of aliphatic hydroxyl groups excluding tert-OH is 1. The number of amides is 1. The Labute approximate surface area is 203 Å². The topological polar surface area (TPSA) is 66.8 Å². The third-order valence-electron chi connectivity index (χ3n) is 6.56. The number of ether oxygens (including phenoxy) is 1. The lowest BCUT2D eigenvalue weighted by atomic mass is 9.90. The Kier molecular flexibility index (Phi) is 5.61. The van der Waals surface area contributed by atoms with Gasteiger partial charge in [-0.2, -0.15) is 0 Å². The van der Waals surface area contributed by atoms with Gasteiger partial charge in [0.15, 0.2) is 0 Å². The van der Waals surface area contributed by atoms with Crippen LogP contribution in [0.2, 0.25) is 0 Å². The Hall–Kier alpha value is -4.38. The summed E-state index contributed by atoms with van der Waals surface area (Å²) in [7, 11) is 1.57. The zero-order valence-corrected chi connectivity index (χ0v) is 19.8. The number of aliphatic hydroxyl groups is 1. The third kappa shape index (κ3) is 3.75. The first-order valence-electron chi connectivity index (χ1n) is 11.4. The van der Waals surface area contributed by atoms with Crippen LogP contribution < -0.4 is 9.64 Å². The maximum absolute atomic E-state index is 13.5. The number of Topliss-reactive ketones (excluding diaryl/α,β-unsaturated/α-hetero) is 1. The van der Waals surface area contributed by atoms with E-state index in [4.69, 9.17) is 4.74 Å². The van der Waals surface area contributed by atoms with E-state index in [2.05, 4.69) is 0 Å². The van der Waals surface area contributed by atoms with Gasteiger partial charge in [-0.3, -0.25) is 14.5 Å². The summed E-state index contributed by atoms with van der Waals surface area (Å²) >= 11 is 0. The molecule has 4 aromatic rings. The molecule has 4 aromatic carbocycles. The second-order valence-corrected chi connectivity index (χ2v) is 8.75. The van der Waals surface area contributed by atoms with E-state index < -0.39 is 17.7 Å². The molecule has 5 rings (SSSR count). The summed E-state index contributed by atoms with van der Waals surface area (Å²) in [6.45, 7) is 3.80. The number of methoxy groups -OCH3 is 1. The maximum Gasteiger partial charge on any atom is 0.300 e. The fraction of sp³-hybridized carbons (Fsp3) is 0.133. The first-order valence-corrected chi connectivity index (χ1v) is 11.4. The summed E-state index contributed by atoms with van der Waals surface area (Å²) in [5.74, 6) is -0.918. The normalized spacial score (nSPS) is 17.2. The van der Waals surface area contributed by atoms with Crippen molar-refractivity contribution < 1.29 is 19.4 Å². The van der Waals surface area contributed by atoms with Crippen LogP contribution in [0.25, 0.3) is 16.5 Å². The Morgan fingerprint density at radius 1 is 0.886 bits per heavy atom. The smallest absolute Gasteiger partial charge is 0.300 e. The van der Waals surface area contributed by atoms with Crippen LogP contribution >= 0.6 is 0 Å². The molecule has 1 aliphatic heterocycles.